The van der Waals surface area contributed by atoms with Crippen molar-refractivity contribution >= 4 is 11.6 Å². The zero-order valence-corrected chi connectivity index (χ0v) is 7.75. The van der Waals surface area contributed by atoms with E-state index in [1.165, 1.54) is 17.4 Å². The summed E-state index contributed by atoms with van der Waals surface area (Å²) in [5, 5.41) is 10.6. The maximum atomic E-state index is 12.5. The lowest BCUT2D eigenvalue weighted by atomic mass is 10.2. The Kier molecular flexibility index (Phi) is 3.36. The first-order chi connectivity index (χ1) is 7.35. The molecule has 1 aromatic rings. The highest BCUT2D eigenvalue weighted by Gasteiger charge is 2.49. The van der Waals surface area contributed by atoms with E-state index in [0.717, 1.165) is 12.1 Å². The second-order valence-corrected chi connectivity index (χ2v) is 2.89. The Labute approximate surface area is 87.7 Å². The number of para-hydroxylation sites is 2. The zero-order valence-electron chi connectivity index (χ0n) is 7.75. The minimum absolute atomic E-state index is 0.354. The standard InChI is InChI=1S/C9H7F4NO2/c10-7(11)9(12,13)8(16)14-5-3-1-2-4-6(5)15/h1-4,7,15H,(H,14,16). The second kappa shape index (κ2) is 4.38. The number of phenols is 1. The molecule has 0 unspecified atom stereocenters. The molecule has 0 atom stereocenters. The second-order valence-electron chi connectivity index (χ2n) is 2.89. The molecule has 7 heteroatoms. The minimum atomic E-state index is -4.79. The third-order valence-electron chi connectivity index (χ3n) is 1.73. The molecule has 3 nitrogen and oxygen atoms in total. The van der Waals surface area contributed by atoms with E-state index in [-0.39, 0.29) is 5.69 Å². The number of amides is 1. The fourth-order valence-corrected chi connectivity index (χ4v) is 0.884. The summed E-state index contributed by atoms with van der Waals surface area (Å²) in [4.78, 5) is 10.8. The monoisotopic (exact) mass is 237 g/mol. The maximum absolute atomic E-state index is 12.5. The van der Waals surface area contributed by atoms with Gasteiger partial charge in [0.05, 0.1) is 5.69 Å². The van der Waals surface area contributed by atoms with Crippen LogP contribution in [0.2, 0.25) is 0 Å². The molecule has 0 aliphatic heterocycles. The Hall–Kier alpha value is -1.79. The first kappa shape index (κ1) is 12.3. The fraction of sp³-hybridized carbons (Fsp3) is 0.222. The molecular weight excluding hydrogens is 230 g/mol. The van der Waals surface area contributed by atoms with Crippen LogP contribution in [0.1, 0.15) is 0 Å². The number of alkyl halides is 4. The lowest BCUT2D eigenvalue weighted by molar-refractivity contribution is -0.163. The predicted octanol–water partition coefficient (Wildman–Crippen LogP) is 2.23. The van der Waals surface area contributed by atoms with E-state index in [9.17, 15) is 22.4 Å². The summed E-state index contributed by atoms with van der Waals surface area (Å²) in [6, 6.07) is 4.96. The number of hydrogen-bond acceptors (Lipinski definition) is 2. The number of benzene rings is 1. The third-order valence-corrected chi connectivity index (χ3v) is 1.73. The van der Waals surface area contributed by atoms with Gasteiger partial charge in [0.25, 0.3) is 0 Å². The molecule has 0 aliphatic carbocycles. The average molecular weight is 237 g/mol. The van der Waals surface area contributed by atoms with E-state index < -0.39 is 24.0 Å². The normalized spacial score (nSPS) is 11.6. The van der Waals surface area contributed by atoms with Gasteiger partial charge in [-0.15, -0.1) is 0 Å². The molecule has 1 aromatic carbocycles. The molecule has 0 fully saturated rings. The van der Waals surface area contributed by atoms with E-state index in [0.29, 0.717) is 0 Å². The van der Waals surface area contributed by atoms with Gasteiger partial charge >= 0.3 is 18.3 Å². The fourth-order valence-electron chi connectivity index (χ4n) is 0.884. The Bertz CT molecular complexity index is 395. The molecule has 0 radical (unpaired) electrons. The summed E-state index contributed by atoms with van der Waals surface area (Å²) in [7, 11) is 0. The van der Waals surface area contributed by atoms with Crippen molar-refractivity contribution in [2.45, 2.75) is 12.3 Å². The van der Waals surface area contributed by atoms with Crippen LogP contribution in [0.25, 0.3) is 0 Å². The quantitative estimate of drug-likeness (QED) is 0.625. The van der Waals surface area contributed by atoms with Crippen LogP contribution in [-0.4, -0.2) is 23.4 Å². The molecule has 0 spiro atoms. The summed E-state index contributed by atoms with van der Waals surface area (Å²) >= 11 is 0. The molecule has 1 amide bonds. The van der Waals surface area contributed by atoms with Crippen LogP contribution in [0.4, 0.5) is 23.2 Å². The summed E-state index contributed by atoms with van der Waals surface area (Å²) in [6.07, 6.45) is -4.10. The van der Waals surface area contributed by atoms with Crippen LogP contribution in [0, 0.1) is 0 Å². The van der Waals surface area contributed by atoms with Crippen molar-refractivity contribution in [2.75, 3.05) is 5.32 Å². The van der Waals surface area contributed by atoms with Gasteiger partial charge in [0.1, 0.15) is 5.75 Å². The average Bonchev–Trinajstić information content (AvgIpc) is 2.21. The van der Waals surface area contributed by atoms with Crippen LogP contribution in [-0.2, 0) is 4.79 Å². The lowest BCUT2D eigenvalue weighted by Gasteiger charge is -2.15. The van der Waals surface area contributed by atoms with Gasteiger partial charge in [0.15, 0.2) is 0 Å². The van der Waals surface area contributed by atoms with Crippen molar-refractivity contribution in [2.24, 2.45) is 0 Å². The largest absolute Gasteiger partial charge is 0.506 e. The number of phenolic OH excluding ortho intramolecular Hbond substituents is 1. The highest BCUT2D eigenvalue weighted by molar-refractivity contribution is 5.97. The Morgan fingerprint density at radius 1 is 1.31 bits per heavy atom. The van der Waals surface area contributed by atoms with Crippen LogP contribution < -0.4 is 5.32 Å². The van der Waals surface area contributed by atoms with Gasteiger partial charge in [0, 0.05) is 0 Å². The molecule has 0 bridgehead atoms. The van der Waals surface area contributed by atoms with Crippen molar-refractivity contribution in [1.29, 1.82) is 0 Å². The van der Waals surface area contributed by atoms with Gasteiger partial charge in [-0.25, -0.2) is 8.78 Å². The van der Waals surface area contributed by atoms with Gasteiger partial charge in [-0.3, -0.25) is 4.79 Å². The SMILES string of the molecule is O=C(Nc1ccccc1O)C(F)(F)C(F)F. The van der Waals surface area contributed by atoms with Crippen LogP contribution in [0.5, 0.6) is 5.75 Å². The molecule has 0 aliphatic rings. The molecule has 0 saturated carbocycles. The number of hydrogen-bond donors (Lipinski definition) is 2. The summed E-state index contributed by atoms with van der Waals surface area (Å²) in [5.74, 6) is -7.44. The van der Waals surface area contributed by atoms with E-state index in [1.807, 2.05) is 0 Å². The minimum Gasteiger partial charge on any atom is -0.506 e. The zero-order chi connectivity index (χ0) is 12.3. The lowest BCUT2D eigenvalue weighted by Crippen LogP contribution is -2.40. The van der Waals surface area contributed by atoms with Gasteiger partial charge < -0.3 is 10.4 Å². The van der Waals surface area contributed by atoms with Gasteiger partial charge in [-0.2, -0.15) is 8.78 Å². The van der Waals surface area contributed by atoms with Crippen molar-refractivity contribution in [3.05, 3.63) is 24.3 Å². The number of anilines is 1. The number of carbonyl (C=O) groups excluding carboxylic acids is 1. The first-order valence-electron chi connectivity index (χ1n) is 4.11. The molecule has 16 heavy (non-hydrogen) atoms. The van der Waals surface area contributed by atoms with E-state index >= 15 is 0 Å². The first-order valence-corrected chi connectivity index (χ1v) is 4.11. The van der Waals surface area contributed by atoms with E-state index in [4.69, 9.17) is 5.11 Å². The molecule has 0 saturated heterocycles. The topological polar surface area (TPSA) is 49.3 Å². The van der Waals surface area contributed by atoms with Crippen LogP contribution in [0.3, 0.4) is 0 Å². The smallest absolute Gasteiger partial charge is 0.383 e. The van der Waals surface area contributed by atoms with Crippen LogP contribution in [0.15, 0.2) is 24.3 Å². The van der Waals surface area contributed by atoms with Gasteiger partial charge in [-0.1, -0.05) is 12.1 Å². The molecule has 0 heterocycles. The number of rotatable bonds is 3. The number of nitrogens with one attached hydrogen (secondary N) is 1. The predicted molar refractivity (Wildman–Crippen MR) is 47.7 cm³/mol. The third kappa shape index (κ3) is 2.41. The summed E-state index contributed by atoms with van der Waals surface area (Å²) in [6.45, 7) is 0. The van der Waals surface area contributed by atoms with Crippen molar-refractivity contribution in [1.82, 2.24) is 0 Å². The molecule has 1 rings (SSSR count). The maximum Gasteiger partial charge on any atom is 0.383 e. The number of aromatic hydroxyl groups is 1. The Morgan fingerprint density at radius 2 is 1.88 bits per heavy atom. The Morgan fingerprint density at radius 3 is 2.38 bits per heavy atom. The van der Waals surface area contributed by atoms with E-state index in [1.54, 1.807) is 0 Å². The highest BCUT2D eigenvalue weighted by Crippen LogP contribution is 2.27. The summed E-state index contributed by atoms with van der Waals surface area (Å²) in [5.41, 5.74) is -0.354. The van der Waals surface area contributed by atoms with Crippen molar-refractivity contribution in [3.8, 4) is 5.75 Å². The van der Waals surface area contributed by atoms with Crippen LogP contribution >= 0.6 is 0 Å². The molecule has 2 N–H and O–H groups in total. The molecule has 0 aromatic heterocycles. The van der Waals surface area contributed by atoms with Crippen molar-refractivity contribution < 1.29 is 27.5 Å². The molecule has 88 valence electrons. The van der Waals surface area contributed by atoms with E-state index in [2.05, 4.69) is 0 Å². The summed E-state index contributed by atoms with van der Waals surface area (Å²) < 4.78 is 48.6. The number of carbonyl (C=O) groups is 1. The Balaban J connectivity index is 2.84. The number of halogens is 4. The van der Waals surface area contributed by atoms with Crippen molar-refractivity contribution in [3.63, 3.8) is 0 Å². The highest BCUT2D eigenvalue weighted by atomic mass is 19.3. The van der Waals surface area contributed by atoms with Gasteiger partial charge in [0.2, 0.25) is 0 Å². The van der Waals surface area contributed by atoms with Gasteiger partial charge in [-0.05, 0) is 12.1 Å². The molecular formula is C9H7F4NO2.